The van der Waals surface area contributed by atoms with Crippen LogP contribution in [0.1, 0.15) is 28.2 Å². The molecule has 110 valence electrons. The van der Waals surface area contributed by atoms with Gasteiger partial charge in [-0.25, -0.2) is 0 Å². The maximum absolute atomic E-state index is 12.1. The molecule has 21 heavy (non-hydrogen) atoms. The molecule has 0 saturated carbocycles. The second-order valence-electron chi connectivity index (χ2n) is 4.69. The zero-order chi connectivity index (χ0) is 14.8. The normalized spacial score (nSPS) is 14.6. The van der Waals surface area contributed by atoms with E-state index in [0.29, 0.717) is 18.1 Å². The second-order valence-corrected chi connectivity index (χ2v) is 6.49. The van der Waals surface area contributed by atoms with Crippen molar-refractivity contribution >= 4 is 33.2 Å². The highest BCUT2D eigenvalue weighted by atomic mass is 79.9. The average Bonchev–Trinajstić information content (AvgIpc) is 3.00. The lowest BCUT2D eigenvalue weighted by atomic mass is 10.1. The average molecular weight is 368 g/mol. The molecule has 2 aromatic rings. The van der Waals surface area contributed by atoms with Gasteiger partial charge in [-0.05, 0) is 36.1 Å². The molecule has 1 atom stereocenters. The highest BCUT2D eigenvalue weighted by molar-refractivity contribution is 9.10. The van der Waals surface area contributed by atoms with Crippen LogP contribution >= 0.6 is 27.3 Å². The first-order valence-electron chi connectivity index (χ1n) is 6.58. The quantitative estimate of drug-likeness (QED) is 0.897. The Kier molecular flexibility index (Phi) is 4.17. The molecule has 1 unspecified atom stereocenters. The van der Waals surface area contributed by atoms with E-state index in [9.17, 15) is 4.79 Å². The van der Waals surface area contributed by atoms with Gasteiger partial charge in [-0.1, -0.05) is 22.0 Å². The molecule has 6 heteroatoms. The Morgan fingerprint density at radius 3 is 2.71 bits per heavy atom. The van der Waals surface area contributed by atoms with Crippen LogP contribution in [0.2, 0.25) is 0 Å². The Morgan fingerprint density at radius 2 is 2.05 bits per heavy atom. The molecule has 1 aliphatic heterocycles. The number of carbonyl (C=O) groups is 1. The maximum Gasteiger partial charge on any atom is 0.261 e. The van der Waals surface area contributed by atoms with Gasteiger partial charge in [-0.3, -0.25) is 4.79 Å². The third-order valence-corrected chi connectivity index (χ3v) is 4.78. The van der Waals surface area contributed by atoms with Gasteiger partial charge in [0, 0.05) is 4.47 Å². The van der Waals surface area contributed by atoms with Gasteiger partial charge in [0.25, 0.3) is 5.91 Å². The molecule has 1 amide bonds. The summed E-state index contributed by atoms with van der Waals surface area (Å²) in [4.78, 5) is 12.8. The number of hydrogen-bond donors (Lipinski definition) is 1. The van der Waals surface area contributed by atoms with Gasteiger partial charge in [0.15, 0.2) is 11.5 Å². The third kappa shape index (κ3) is 3.06. The van der Waals surface area contributed by atoms with Gasteiger partial charge in [0.2, 0.25) is 0 Å². The lowest BCUT2D eigenvalue weighted by molar-refractivity contribution is 0.0943. The fraction of sp³-hybridized carbons (Fsp3) is 0.267. The van der Waals surface area contributed by atoms with Crippen LogP contribution in [0, 0.1) is 0 Å². The zero-order valence-electron chi connectivity index (χ0n) is 11.4. The lowest BCUT2D eigenvalue weighted by Crippen LogP contribution is -2.26. The van der Waals surface area contributed by atoms with Crippen molar-refractivity contribution in [3.8, 4) is 11.5 Å². The molecule has 0 spiro atoms. The number of thiophene rings is 1. The molecule has 1 N–H and O–H groups in total. The minimum Gasteiger partial charge on any atom is -0.486 e. The minimum atomic E-state index is -0.134. The molecular weight excluding hydrogens is 354 g/mol. The summed E-state index contributed by atoms with van der Waals surface area (Å²) in [6.45, 7) is 3.05. The van der Waals surface area contributed by atoms with E-state index in [4.69, 9.17) is 9.47 Å². The highest BCUT2D eigenvalue weighted by Crippen LogP contribution is 2.37. The maximum atomic E-state index is 12.1. The number of ether oxygens (including phenoxy) is 2. The molecule has 0 aliphatic carbocycles. The molecular formula is C15H14BrNO3S. The predicted octanol–water partition coefficient (Wildman–Crippen LogP) is 3.77. The highest BCUT2D eigenvalue weighted by Gasteiger charge is 2.19. The molecule has 0 radical (unpaired) electrons. The SMILES string of the molecule is CC(NC(=O)c1cccs1)c1cc2c(cc1Br)OCCO2. The molecule has 1 aromatic carbocycles. The second kappa shape index (κ2) is 6.07. The number of nitrogens with one attached hydrogen (secondary N) is 1. The van der Waals surface area contributed by atoms with Crippen molar-refractivity contribution in [3.05, 3.63) is 44.6 Å². The van der Waals surface area contributed by atoms with Gasteiger partial charge in [0.1, 0.15) is 13.2 Å². The summed E-state index contributed by atoms with van der Waals surface area (Å²) >= 11 is 4.96. The number of benzene rings is 1. The molecule has 2 heterocycles. The largest absolute Gasteiger partial charge is 0.486 e. The fourth-order valence-corrected chi connectivity index (χ4v) is 3.46. The van der Waals surface area contributed by atoms with Gasteiger partial charge in [0.05, 0.1) is 10.9 Å². The summed E-state index contributed by atoms with van der Waals surface area (Å²) in [5, 5.41) is 4.88. The zero-order valence-corrected chi connectivity index (χ0v) is 13.8. The number of halogens is 1. The Labute approximate surface area is 135 Å². The standard InChI is InChI=1S/C15H14BrNO3S/c1-9(17-15(18)14-3-2-6-21-14)10-7-12-13(8-11(10)16)20-5-4-19-12/h2-3,6-9H,4-5H2,1H3,(H,17,18). The van der Waals surface area contributed by atoms with E-state index in [1.54, 1.807) is 0 Å². The molecule has 0 bridgehead atoms. The number of hydrogen-bond acceptors (Lipinski definition) is 4. The summed E-state index contributed by atoms with van der Waals surface area (Å²) in [7, 11) is 0. The summed E-state index contributed by atoms with van der Waals surface area (Å²) in [6, 6.07) is 7.34. The van der Waals surface area contributed by atoms with E-state index in [2.05, 4.69) is 21.2 Å². The Balaban J connectivity index is 1.81. The molecule has 1 aliphatic rings. The smallest absolute Gasteiger partial charge is 0.261 e. The summed E-state index contributed by atoms with van der Waals surface area (Å²) in [5.41, 5.74) is 0.962. The summed E-state index contributed by atoms with van der Waals surface area (Å²) < 4.78 is 12.0. The van der Waals surface area contributed by atoms with E-state index in [1.807, 2.05) is 36.6 Å². The molecule has 3 rings (SSSR count). The van der Waals surface area contributed by atoms with Crippen molar-refractivity contribution in [3.63, 3.8) is 0 Å². The molecule has 0 saturated heterocycles. The first kappa shape index (κ1) is 14.4. The minimum absolute atomic E-state index is 0.0701. The van der Waals surface area contributed by atoms with Crippen molar-refractivity contribution in [1.29, 1.82) is 0 Å². The van der Waals surface area contributed by atoms with Crippen molar-refractivity contribution < 1.29 is 14.3 Å². The monoisotopic (exact) mass is 367 g/mol. The number of amides is 1. The Morgan fingerprint density at radius 1 is 1.33 bits per heavy atom. The van der Waals surface area contributed by atoms with Crippen molar-refractivity contribution in [2.24, 2.45) is 0 Å². The Hall–Kier alpha value is -1.53. The van der Waals surface area contributed by atoms with Gasteiger partial charge >= 0.3 is 0 Å². The van der Waals surface area contributed by atoms with E-state index in [0.717, 1.165) is 21.5 Å². The fourth-order valence-electron chi connectivity index (χ4n) is 2.16. The van der Waals surface area contributed by atoms with E-state index < -0.39 is 0 Å². The first-order chi connectivity index (χ1) is 10.1. The van der Waals surface area contributed by atoms with Crippen molar-refractivity contribution in [2.75, 3.05) is 13.2 Å². The molecule has 0 fully saturated rings. The van der Waals surface area contributed by atoms with Crippen LogP contribution < -0.4 is 14.8 Å². The van der Waals surface area contributed by atoms with E-state index in [1.165, 1.54) is 11.3 Å². The number of rotatable bonds is 3. The van der Waals surface area contributed by atoms with Gasteiger partial charge < -0.3 is 14.8 Å². The van der Waals surface area contributed by atoms with Crippen molar-refractivity contribution in [1.82, 2.24) is 5.32 Å². The number of carbonyl (C=O) groups excluding carboxylic acids is 1. The van der Waals surface area contributed by atoms with E-state index >= 15 is 0 Å². The lowest BCUT2D eigenvalue weighted by Gasteiger charge is -2.22. The number of fused-ring (bicyclic) bond motifs is 1. The molecule has 1 aromatic heterocycles. The van der Waals surface area contributed by atoms with Gasteiger partial charge in [-0.15, -0.1) is 11.3 Å². The van der Waals surface area contributed by atoms with Crippen LogP contribution in [0.3, 0.4) is 0 Å². The van der Waals surface area contributed by atoms with Crippen LogP contribution in [0.15, 0.2) is 34.1 Å². The molecule has 4 nitrogen and oxygen atoms in total. The van der Waals surface area contributed by atoms with Crippen LogP contribution in [0.4, 0.5) is 0 Å². The predicted molar refractivity (Wildman–Crippen MR) is 85.3 cm³/mol. The van der Waals surface area contributed by atoms with Crippen LogP contribution in [0.25, 0.3) is 0 Å². The van der Waals surface area contributed by atoms with Crippen molar-refractivity contribution in [2.45, 2.75) is 13.0 Å². The van der Waals surface area contributed by atoms with Crippen LogP contribution in [-0.4, -0.2) is 19.1 Å². The third-order valence-electron chi connectivity index (χ3n) is 3.22. The van der Waals surface area contributed by atoms with Gasteiger partial charge in [-0.2, -0.15) is 0 Å². The topological polar surface area (TPSA) is 47.6 Å². The summed E-state index contributed by atoms with van der Waals surface area (Å²) in [6.07, 6.45) is 0. The van der Waals surface area contributed by atoms with Crippen LogP contribution in [-0.2, 0) is 0 Å². The van der Waals surface area contributed by atoms with Crippen LogP contribution in [0.5, 0.6) is 11.5 Å². The Bertz CT molecular complexity index is 657. The first-order valence-corrected chi connectivity index (χ1v) is 8.26. The van der Waals surface area contributed by atoms with E-state index in [-0.39, 0.29) is 11.9 Å². The summed E-state index contributed by atoms with van der Waals surface area (Å²) in [5.74, 6) is 1.38.